The van der Waals surface area contributed by atoms with E-state index in [2.05, 4.69) is 88.4 Å². The van der Waals surface area contributed by atoms with Gasteiger partial charge >= 0.3 is 0 Å². The van der Waals surface area contributed by atoms with Gasteiger partial charge in [0.25, 0.3) is 0 Å². The van der Waals surface area contributed by atoms with E-state index in [0.717, 1.165) is 66.8 Å². The lowest BCUT2D eigenvalue weighted by Gasteiger charge is -2.12. The highest BCUT2D eigenvalue weighted by atomic mass is 16.3. The highest BCUT2D eigenvalue weighted by Crippen LogP contribution is 2.37. The van der Waals surface area contributed by atoms with Gasteiger partial charge in [-0.2, -0.15) is 0 Å². The Bertz CT molecular complexity index is 2230. The number of para-hydroxylation sites is 3. The molecule has 5 nitrogen and oxygen atoms in total. The Morgan fingerprint density at radius 3 is 2.29 bits per heavy atom. The summed E-state index contributed by atoms with van der Waals surface area (Å²) in [6.07, 6.45) is 1.97. The molecule has 3 aromatic heterocycles. The maximum atomic E-state index is 10.5. The predicted molar refractivity (Wildman–Crippen MR) is 166 cm³/mol. The average molecular weight is 529 g/mol. The lowest BCUT2D eigenvalue weighted by Crippen LogP contribution is -1.98. The van der Waals surface area contributed by atoms with Crippen molar-refractivity contribution in [3.05, 3.63) is 134 Å². The third-order valence-corrected chi connectivity index (χ3v) is 7.70. The topological polar surface area (TPSA) is 66.7 Å². The first-order chi connectivity index (χ1) is 20.2. The number of imidazole rings is 1. The van der Waals surface area contributed by atoms with E-state index >= 15 is 0 Å². The van der Waals surface area contributed by atoms with E-state index in [4.69, 9.17) is 9.97 Å². The van der Waals surface area contributed by atoms with Gasteiger partial charge in [0.2, 0.25) is 0 Å². The number of aromatic hydroxyl groups is 1. The summed E-state index contributed by atoms with van der Waals surface area (Å²) in [5.41, 5.74) is 9.44. The monoisotopic (exact) mass is 528 g/mol. The van der Waals surface area contributed by atoms with Crippen molar-refractivity contribution in [3.63, 3.8) is 0 Å². The van der Waals surface area contributed by atoms with E-state index in [-0.39, 0.29) is 5.75 Å². The first-order valence-electron chi connectivity index (χ1n) is 13.6. The molecule has 194 valence electrons. The Labute approximate surface area is 236 Å². The molecule has 0 spiro atoms. The lowest BCUT2D eigenvalue weighted by molar-refractivity contribution is 0.480. The number of pyridine rings is 1. The molecule has 0 radical (unpaired) electrons. The molecule has 0 aliphatic rings. The third kappa shape index (κ3) is 3.79. The molecule has 8 rings (SSSR count). The van der Waals surface area contributed by atoms with E-state index in [1.54, 1.807) is 6.07 Å². The van der Waals surface area contributed by atoms with Crippen molar-refractivity contribution in [1.82, 2.24) is 19.5 Å². The Hall–Kier alpha value is -5.68. The summed E-state index contributed by atoms with van der Waals surface area (Å²) in [7, 11) is 0. The fourth-order valence-electron chi connectivity index (χ4n) is 5.76. The molecule has 0 atom stereocenters. The maximum absolute atomic E-state index is 10.5. The van der Waals surface area contributed by atoms with Gasteiger partial charge in [-0.3, -0.25) is 4.57 Å². The average Bonchev–Trinajstić information content (AvgIpc) is 3.67. The number of phenolic OH excluding ortho intramolecular Hbond substituents is 1. The highest BCUT2D eigenvalue weighted by Gasteiger charge is 2.20. The van der Waals surface area contributed by atoms with Crippen molar-refractivity contribution < 1.29 is 5.11 Å². The number of aromatic amines is 1. The van der Waals surface area contributed by atoms with Gasteiger partial charge in [0, 0.05) is 33.8 Å². The normalized spacial score (nSPS) is 11.5. The molecular weight excluding hydrogens is 504 g/mol. The second kappa shape index (κ2) is 9.21. The van der Waals surface area contributed by atoms with Crippen LogP contribution in [0.2, 0.25) is 0 Å². The predicted octanol–water partition coefficient (Wildman–Crippen LogP) is 8.76. The Kier molecular flexibility index (Phi) is 5.22. The molecule has 3 heterocycles. The van der Waals surface area contributed by atoms with Crippen LogP contribution in [0.5, 0.6) is 5.75 Å². The summed E-state index contributed by atoms with van der Waals surface area (Å²) >= 11 is 0. The molecule has 0 unspecified atom stereocenters. The molecule has 41 heavy (non-hydrogen) atoms. The lowest BCUT2D eigenvalue weighted by atomic mass is 10.0. The van der Waals surface area contributed by atoms with Crippen molar-refractivity contribution in [2.75, 3.05) is 0 Å². The summed E-state index contributed by atoms with van der Waals surface area (Å²) < 4.78 is 2.24. The van der Waals surface area contributed by atoms with Gasteiger partial charge < -0.3 is 10.1 Å². The van der Waals surface area contributed by atoms with Crippen LogP contribution in [-0.4, -0.2) is 24.6 Å². The Morgan fingerprint density at radius 1 is 0.585 bits per heavy atom. The van der Waals surface area contributed by atoms with E-state index in [9.17, 15) is 5.11 Å². The van der Waals surface area contributed by atoms with Gasteiger partial charge in [0.1, 0.15) is 17.1 Å². The smallest absolute Gasteiger partial charge is 0.147 e. The van der Waals surface area contributed by atoms with Crippen molar-refractivity contribution in [2.24, 2.45) is 0 Å². The molecule has 0 aliphatic carbocycles. The largest absolute Gasteiger partial charge is 0.506 e. The molecule has 5 aromatic carbocycles. The second-order valence-electron chi connectivity index (χ2n) is 10.2. The van der Waals surface area contributed by atoms with Crippen LogP contribution in [0, 0.1) is 0 Å². The van der Waals surface area contributed by atoms with Crippen LogP contribution in [0.4, 0.5) is 0 Å². The standard InChI is InChI=1S/C36H24N4O/c41-32-17-6-11-24-18-19-30(38-34(24)32)28-14-7-16-31-35(28)39-36(29-15-5-10-25-20-21-37-33(25)29)40(31)27-13-4-12-26(22-27)23-8-2-1-3-9-23/h1-22,37,41H. The van der Waals surface area contributed by atoms with Crippen LogP contribution < -0.4 is 0 Å². The van der Waals surface area contributed by atoms with E-state index < -0.39 is 0 Å². The summed E-state index contributed by atoms with van der Waals surface area (Å²) in [6, 6.07) is 43.0. The summed E-state index contributed by atoms with van der Waals surface area (Å²) in [4.78, 5) is 13.6. The maximum Gasteiger partial charge on any atom is 0.147 e. The quantitative estimate of drug-likeness (QED) is 0.240. The fourth-order valence-corrected chi connectivity index (χ4v) is 5.76. The van der Waals surface area contributed by atoms with Crippen molar-refractivity contribution in [1.29, 1.82) is 0 Å². The molecule has 0 fully saturated rings. The van der Waals surface area contributed by atoms with Crippen LogP contribution in [-0.2, 0) is 0 Å². The number of H-pyrrole nitrogens is 1. The fraction of sp³-hybridized carbons (Fsp3) is 0. The molecule has 0 amide bonds. The number of fused-ring (bicyclic) bond motifs is 3. The summed E-state index contributed by atoms with van der Waals surface area (Å²) in [6.45, 7) is 0. The first-order valence-corrected chi connectivity index (χ1v) is 13.6. The Balaban J connectivity index is 1.42. The number of hydrogen-bond donors (Lipinski definition) is 2. The number of aromatic nitrogens is 4. The molecule has 0 saturated carbocycles. The molecule has 8 aromatic rings. The Morgan fingerprint density at radius 2 is 1.37 bits per heavy atom. The van der Waals surface area contributed by atoms with Gasteiger partial charge in [-0.25, -0.2) is 9.97 Å². The highest BCUT2D eigenvalue weighted by molar-refractivity contribution is 6.00. The van der Waals surface area contributed by atoms with E-state index in [1.165, 1.54) is 0 Å². The molecule has 0 bridgehead atoms. The number of hydrogen-bond acceptors (Lipinski definition) is 3. The zero-order chi connectivity index (χ0) is 27.3. The van der Waals surface area contributed by atoms with E-state index in [1.807, 2.05) is 48.7 Å². The number of rotatable bonds is 4. The molecular formula is C36H24N4O. The molecule has 2 N–H and O–H groups in total. The zero-order valence-electron chi connectivity index (χ0n) is 22.0. The number of nitrogens with zero attached hydrogens (tertiary/aromatic N) is 3. The molecule has 0 saturated heterocycles. The minimum absolute atomic E-state index is 0.166. The van der Waals surface area contributed by atoms with Crippen molar-refractivity contribution in [2.45, 2.75) is 0 Å². The van der Waals surface area contributed by atoms with Crippen LogP contribution in [0.15, 0.2) is 134 Å². The number of benzene rings is 5. The van der Waals surface area contributed by atoms with Gasteiger partial charge in [-0.05, 0) is 53.6 Å². The van der Waals surface area contributed by atoms with Crippen LogP contribution >= 0.6 is 0 Å². The third-order valence-electron chi connectivity index (χ3n) is 7.70. The van der Waals surface area contributed by atoms with Crippen molar-refractivity contribution in [3.8, 4) is 45.2 Å². The van der Waals surface area contributed by atoms with Gasteiger partial charge in [-0.1, -0.05) is 84.9 Å². The number of nitrogens with one attached hydrogen (secondary N) is 1. The SMILES string of the molecule is Oc1cccc2ccc(-c3cccc4c3nc(-c3cccc5cc[nH]c35)n4-c3cccc(-c4ccccc4)c3)nc12. The first kappa shape index (κ1) is 23.2. The van der Waals surface area contributed by atoms with Crippen LogP contribution in [0.3, 0.4) is 0 Å². The van der Waals surface area contributed by atoms with E-state index in [0.29, 0.717) is 5.52 Å². The molecule has 5 heteroatoms. The van der Waals surface area contributed by atoms with Crippen LogP contribution in [0.1, 0.15) is 0 Å². The van der Waals surface area contributed by atoms with Crippen LogP contribution in [0.25, 0.3) is 72.3 Å². The second-order valence-corrected chi connectivity index (χ2v) is 10.2. The zero-order valence-corrected chi connectivity index (χ0v) is 22.0. The summed E-state index contributed by atoms with van der Waals surface area (Å²) in [5.74, 6) is 1.01. The van der Waals surface area contributed by atoms with Gasteiger partial charge in [-0.15, -0.1) is 0 Å². The molecule has 0 aliphatic heterocycles. The summed E-state index contributed by atoms with van der Waals surface area (Å²) in [5, 5.41) is 12.5. The minimum atomic E-state index is 0.166. The number of phenols is 1. The van der Waals surface area contributed by atoms with Gasteiger partial charge in [0.15, 0.2) is 0 Å². The minimum Gasteiger partial charge on any atom is -0.506 e. The van der Waals surface area contributed by atoms with Crippen molar-refractivity contribution >= 4 is 32.8 Å². The van der Waals surface area contributed by atoms with Gasteiger partial charge in [0.05, 0.1) is 22.2 Å².